The number of nitrogens with zero attached hydrogens (tertiary/aromatic N) is 6. The molecule has 0 unspecified atom stereocenters. The van der Waals surface area contributed by atoms with Crippen LogP contribution < -0.4 is 0 Å². The molecule has 11 nitrogen and oxygen atoms in total. The maximum atomic E-state index is 5.86. The Labute approximate surface area is 750 Å². The Balaban J connectivity index is 0.000000360. The van der Waals surface area contributed by atoms with Crippen LogP contribution in [0.5, 0.6) is 0 Å². The minimum atomic E-state index is -0.0408. The Bertz CT molecular complexity index is 4970. The minimum Gasteiger partial charge on any atom is -0.441 e. The summed E-state index contributed by atoms with van der Waals surface area (Å²) in [6.45, 7) is 96.4. The van der Waals surface area contributed by atoms with Crippen LogP contribution in [-0.2, 0) is 65.0 Å². The van der Waals surface area contributed by atoms with E-state index >= 15 is 0 Å². The summed E-state index contributed by atoms with van der Waals surface area (Å²) >= 11 is 1.79. The Hall–Kier alpha value is -9.00. The summed E-state index contributed by atoms with van der Waals surface area (Å²) in [6, 6.07) is 60.8. The Morgan fingerprint density at radius 3 is 0.764 bits per heavy atom. The number of thiazole rings is 1. The van der Waals surface area contributed by atoms with E-state index in [1.165, 1.54) is 48.7 Å². The van der Waals surface area contributed by atoms with Gasteiger partial charge in [-0.3, -0.25) is 0 Å². The quantitative estimate of drug-likeness (QED) is 0.143. The summed E-state index contributed by atoms with van der Waals surface area (Å²) in [5.74, 6) is 3.94. The molecule has 6 aromatic heterocycles. The Morgan fingerprint density at radius 2 is 0.447 bits per heavy atom. The standard InChI is InChI=1S/3C15H21NO.C14H22.C12H15NO.C11H13NO.C11H13NS.C10H14.4C2H6/c1-14(2,3)10-7-8-12-11(9-10)16-13(17-12)15(4,5)6;2*1-14(2,3)10-7-8-11-12(9-10)17-13(16-11)15(4,5)6;1-13(2,3)11-7-9-12(10-8-11)14(4,5)6;1-8-13-10-6-5-9(12(2,3)4)7-11(10)14-8;2*1-11(2,3)10-12-8-6-4-5-7-9(8)13-10;1-10(2,3)9-7-5-4-6-8-9;4*1-2/h3*7-9H,1-6H3;7-10H,1-6H3;5-7H,1-4H3;2*4-7H,1-3H3;4-8H,1-3H3;4*1-2H3. The van der Waals surface area contributed by atoms with E-state index in [9.17, 15) is 0 Å². The van der Waals surface area contributed by atoms with E-state index < -0.39 is 0 Å². The number of hydrogen-bond donors (Lipinski definition) is 0. The fraction of sp³-hybridized carbons (Fsp3) is 0.514. The zero-order valence-corrected chi connectivity index (χ0v) is 86.2. The zero-order chi connectivity index (χ0) is 94.4. The first kappa shape index (κ1) is 108. The maximum Gasteiger partial charge on any atom is 0.200 e. The van der Waals surface area contributed by atoms with Crippen molar-refractivity contribution in [3.05, 3.63) is 249 Å². The van der Waals surface area contributed by atoms with E-state index in [1.807, 2.05) is 105 Å². The monoisotopic (exact) mass is 1690 g/mol. The first-order chi connectivity index (χ1) is 56.5. The van der Waals surface area contributed by atoms with Crippen LogP contribution in [0.4, 0.5) is 0 Å². The summed E-state index contributed by atoms with van der Waals surface area (Å²) in [5, 5.41) is 1.22. The number of fused-ring (bicyclic) bond motifs is 6. The molecule has 6 heterocycles. The third kappa shape index (κ3) is 33.8. The summed E-state index contributed by atoms with van der Waals surface area (Å²) in [5.41, 5.74) is 21.0. The molecule has 0 saturated heterocycles. The van der Waals surface area contributed by atoms with Crippen LogP contribution in [-0.4, -0.2) is 29.9 Å². The molecule has 0 radical (unpaired) electrons. The van der Waals surface area contributed by atoms with E-state index in [1.54, 1.807) is 11.3 Å². The zero-order valence-electron chi connectivity index (χ0n) is 85.4. The van der Waals surface area contributed by atoms with E-state index in [0.29, 0.717) is 5.41 Å². The molecule has 0 atom stereocenters. The van der Waals surface area contributed by atoms with Crippen molar-refractivity contribution in [3.63, 3.8) is 0 Å². The number of hydrogen-bond acceptors (Lipinski definition) is 12. The summed E-state index contributed by atoms with van der Waals surface area (Å²) in [7, 11) is 0. The molecule has 8 aromatic carbocycles. The van der Waals surface area contributed by atoms with Crippen molar-refractivity contribution in [2.75, 3.05) is 0 Å². The van der Waals surface area contributed by atoms with Gasteiger partial charge in [-0.25, -0.2) is 29.9 Å². The van der Waals surface area contributed by atoms with Gasteiger partial charge in [-0.15, -0.1) is 11.3 Å². The molecule has 0 saturated carbocycles. The first-order valence-electron chi connectivity index (χ1n) is 45.0. The lowest BCUT2D eigenvalue weighted by molar-refractivity contribution is 0.410. The average molecular weight is 1690 g/mol. The SMILES string of the molecule is CC.CC.CC.CC.CC(C)(C)c1ccc(C(C)(C)C)cc1.CC(C)(C)c1ccc2nc(C(C)(C)C)oc2c1.CC(C)(C)c1ccc2nc(C(C)(C)C)oc2c1.CC(C)(C)c1ccc2oc(C(C)(C)C)nc2c1.CC(C)(C)c1ccccc1.CC(C)(C)c1nc2ccccc2o1.CC(C)(C)c1nc2ccccc2s1.Cc1nc2ccc(C(C)(C)C)cc2o1. The van der Waals surface area contributed by atoms with Gasteiger partial charge >= 0.3 is 0 Å². The topological polar surface area (TPSA) is 143 Å². The van der Waals surface area contributed by atoms with Gasteiger partial charge in [-0.2, -0.15) is 0 Å². The molecule has 0 aliphatic rings. The van der Waals surface area contributed by atoms with Crippen LogP contribution in [0, 0.1) is 6.92 Å². The lowest BCUT2D eigenvalue weighted by Crippen LogP contribution is -2.14. The predicted molar refractivity (Wildman–Crippen MR) is 537 cm³/mol. The van der Waals surface area contributed by atoms with E-state index in [4.69, 9.17) is 22.1 Å². The van der Waals surface area contributed by atoms with Gasteiger partial charge < -0.3 is 22.1 Å². The van der Waals surface area contributed by atoms with Crippen molar-refractivity contribution >= 4 is 77.1 Å². The molecule has 674 valence electrons. The largest absolute Gasteiger partial charge is 0.441 e. The molecule has 0 amide bonds. The lowest BCUT2D eigenvalue weighted by Gasteiger charge is -2.23. The molecular weight excluding hydrogens is 1530 g/mol. The molecule has 14 aromatic rings. The van der Waals surface area contributed by atoms with Crippen molar-refractivity contribution in [1.29, 1.82) is 0 Å². The van der Waals surface area contributed by atoms with Gasteiger partial charge in [0.1, 0.15) is 27.6 Å². The number of benzene rings is 8. The second-order valence-electron chi connectivity index (χ2n) is 42.9. The molecule has 123 heavy (non-hydrogen) atoms. The van der Waals surface area contributed by atoms with Gasteiger partial charge in [0.2, 0.25) is 23.6 Å². The van der Waals surface area contributed by atoms with Gasteiger partial charge in [0.05, 0.1) is 15.2 Å². The summed E-state index contributed by atoms with van der Waals surface area (Å²) < 4.78 is 29.9. The highest BCUT2D eigenvalue weighted by Gasteiger charge is 2.28. The highest BCUT2D eigenvalue weighted by atomic mass is 32.1. The highest BCUT2D eigenvalue weighted by Crippen LogP contribution is 2.37. The smallest absolute Gasteiger partial charge is 0.200 e. The van der Waals surface area contributed by atoms with Crippen LogP contribution >= 0.6 is 11.3 Å². The van der Waals surface area contributed by atoms with Crippen LogP contribution in [0.3, 0.4) is 0 Å². The number of aromatic nitrogens is 6. The molecule has 0 spiro atoms. The molecule has 0 aliphatic carbocycles. The fourth-order valence-electron chi connectivity index (χ4n) is 11.4. The molecule has 0 N–H and O–H groups in total. The summed E-state index contributed by atoms with van der Waals surface area (Å²) in [4.78, 5) is 27.0. The average Bonchev–Trinajstić information content (AvgIpc) is 1.84. The van der Waals surface area contributed by atoms with E-state index in [0.717, 1.165) is 90.5 Å². The van der Waals surface area contributed by atoms with Crippen LogP contribution in [0.1, 0.15) is 378 Å². The number of para-hydroxylation sites is 3. The van der Waals surface area contributed by atoms with Gasteiger partial charge in [0, 0.05) is 34.0 Å². The second-order valence-corrected chi connectivity index (χ2v) is 44.0. The lowest BCUT2D eigenvalue weighted by atomic mass is 9.82. The molecular formula is C111H164N6O5S. The summed E-state index contributed by atoms with van der Waals surface area (Å²) in [6.07, 6.45) is 0. The number of aryl methyl sites for hydroxylation is 1. The van der Waals surface area contributed by atoms with Crippen molar-refractivity contribution in [1.82, 2.24) is 29.9 Å². The maximum absolute atomic E-state index is 5.86. The first-order valence-corrected chi connectivity index (χ1v) is 45.8. The van der Waals surface area contributed by atoms with E-state index in [-0.39, 0.29) is 59.6 Å². The number of oxazole rings is 5. The van der Waals surface area contributed by atoms with Crippen LogP contribution in [0.2, 0.25) is 0 Å². The Kier molecular flexibility index (Phi) is 38.9. The highest BCUT2D eigenvalue weighted by molar-refractivity contribution is 7.18. The Morgan fingerprint density at radius 1 is 0.195 bits per heavy atom. The van der Waals surface area contributed by atoms with Gasteiger partial charge in [0.15, 0.2) is 33.8 Å². The molecule has 14 rings (SSSR count). The second kappa shape index (κ2) is 44.2. The third-order valence-corrected chi connectivity index (χ3v) is 20.6. The van der Waals surface area contributed by atoms with Crippen LogP contribution in [0.25, 0.3) is 65.7 Å². The van der Waals surface area contributed by atoms with Crippen molar-refractivity contribution in [3.8, 4) is 0 Å². The normalized spacial score (nSPS) is 12.1. The van der Waals surface area contributed by atoms with E-state index in [2.05, 4.69) is 413 Å². The molecule has 12 heteroatoms. The van der Waals surface area contributed by atoms with Gasteiger partial charge in [0.25, 0.3) is 0 Å². The fourth-order valence-corrected chi connectivity index (χ4v) is 12.5. The van der Waals surface area contributed by atoms with Gasteiger partial charge in [-0.05, 0) is 150 Å². The van der Waals surface area contributed by atoms with Gasteiger partial charge in [-0.1, -0.05) is 408 Å². The molecule has 0 aliphatic heterocycles. The molecule has 0 fully saturated rings. The molecule has 0 bridgehead atoms. The van der Waals surface area contributed by atoms with Crippen molar-refractivity contribution < 1.29 is 22.1 Å². The van der Waals surface area contributed by atoms with Crippen LogP contribution in [0.15, 0.2) is 198 Å². The minimum absolute atomic E-state index is 0.0149. The number of rotatable bonds is 0. The van der Waals surface area contributed by atoms with Crippen molar-refractivity contribution in [2.45, 2.75) is 377 Å². The van der Waals surface area contributed by atoms with Crippen molar-refractivity contribution in [2.24, 2.45) is 0 Å². The predicted octanol–water partition coefficient (Wildman–Crippen LogP) is 34.8. The third-order valence-electron chi connectivity index (χ3n) is 19.2.